The van der Waals surface area contributed by atoms with E-state index in [1.54, 1.807) is 45.2 Å². The van der Waals surface area contributed by atoms with Crippen LogP contribution in [0.25, 0.3) is 0 Å². The summed E-state index contributed by atoms with van der Waals surface area (Å²) in [5.74, 6) is -0.702. The predicted molar refractivity (Wildman–Crippen MR) is 114 cm³/mol. The quantitative estimate of drug-likeness (QED) is 0.411. The van der Waals surface area contributed by atoms with Crippen LogP contribution in [0.5, 0.6) is 0 Å². The van der Waals surface area contributed by atoms with Gasteiger partial charge >= 0.3 is 16.3 Å². The van der Waals surface area contributed by atoms with Gasteiger partial charge < -0.3 is 10.1 Å². The summed E-state index contributed by atoms with van der Waals surface area (Å²) in [6.07, 6.45) is 0.365. The molecule has 9 nitrogen and oxygen atoms in total. The Kier molecular flexibility index (Phi) is 7.56. The number of amides is 1. The number of aromatic nitrogens is 1. The number of anilines is 1. The Hall–Kier alpha value is -2.50. The number of carbonyl (C=O) groups excluding carboxylic acids is 2. The van der Waals surface area contributed by atoms with Crippen LogP contribution in [0.1, 0.15) is 54.8 Å². The number of nitrogens with zero attached hydrogens (tertiary/aromatic N) is 1. The van der Waals surface area contributed by atoms with Crippen LogP contribution < -0.4 is 10.0 Å². The number of rotatable bonds is 8. The molecule has 164 valence electrons. The van der Waals surface area contributed by atoms with Crippen molar-refractivity contribution in [3.63, 3.8) is 0 Å². The second kappa shape index (κ2) is 9.54. The highest BCUT2D eigenvalue weighted by molar-refractivity contribution is 7.87. The van der Waals surface area contributed by atoms with E-state index in [0.29, 0.717) is 11.4 Å². The highest BCUT2D eigenvalue weighted by atomic mass is 32.2. The van der Waals surface area contributed by atoms with Crippen molar-refractivity contribution in [3.8, 4) is 0 Å². The van der Waals surface area contributed by atoms with Gasteiger partial charge in [-0.15, -0.1) is 11.3 Å². The second-order valence-corrected chi connectivity index (χ2v) is 9.59. The topological polar surface area (TPSA) is 135 Å². The molecule has 2 aromatic rings. The summed E-state index contributed by atoms with van der Waals surface area (Å²) in [5.41, 5.74) is 0.556. The monoisotopic (exact) mass is 455 g/mol. The molecule has 0 aliphatic carbocycles. The summed E-state index contributed by atoms with van der Waals surface area (Å²) in [6, 6.07) is 5.84. The standard InChI is InChI=1S/C19H25N3O6S2/c1-5-28-17(23)15-11-29-16(20-15)14(21-18(24)19(2,3)4)10-12-6-8-13(9-7-12)22-30(25,26)27/h6-9,11,14,22H,5,10H2,1-4H3,(H,21,24)(H,25,26,27). The molecule has 30 heavy (non-hydrogen) atoms. The van der Waals surface area contributed by atoms with Crippen LogP contribution in [0.15, 0.2) is 29.6 Å². The van der Waals surface area contributed by atoms with E-state index in [9.17, 15) is 18.0 Å². The molecule has 0 spiro atoms. The molecule has 1 atom stereocenters. The number of benzene rings is 1. The first kappa shape index (κ1) is 23.8. The van der Waals surface area contributed by atoms with Crippen LogP contribution in [-0.4, -0.2) is 36.4 Å². The van der Waals surface area contributed by atoms with Gasteiger partial charge in [0, 0.05) is 10.8 Å². The molecule has 1 unspecified atom stereocenters. The maximum Gasteiger partial charge on any atom is 0.357 e. The summed E-state index contributed by atoms with van der Waals surface area (Å²) in [7, 11) is -4.36. The molecule has 0 aliphatic rings. The Morgan fingerprint density at radius 3 is 2.40 bits per heavy atom. The Balaban J connectivity index is 2.26. The van der Waals surface area contributed by atoms with Gasteiger partial charge in [0.05, 0.1) is 18.3 Å². The molecule has 0 bridgehead atoms. The molecule has 1 aromatic heterocycles. The third-order valence-electron chi connectivity index (χ3n) is 3.93. The Morgan fingerprint density at radius 2 is 1.87 bits per heavy atom. The van der Waals surface area contributed by atoms with Gasteiger partial charge in [-0.1, -0.05) is 32.9 Å². The molecule has 0 radical (unpaired) electrons. The molecular formula is C19H25N3O6S2. The summed E-state index contributed by atoms with van der Waals surface area (Å²) in [6.45, 7) is 7.32. The van der Waals surface area contributed by atoms with Crippen molar-refractivity contribution in [1.29, 1.82) is 0 Å². The maximum atomic E-state index is 12.6. The summed E-state index contributed by atoms with van der Waals surface area (Å²) < 4.78 is 37.6. The molecule has 1 aromatic carbocycles. The van der Waals surface area contributed by atoms with Crippen molar-refractivity contribution >= 4 is 39.2 Å². The van der Waals surface area contributed by atoms with Crippen molar-refractivity contribution in [2.75, 3.05) is 11.3 Å². The summed E-state index contributed by atoms with van der Waals surface area (Å²) in [5, 5.41) is 5.10. The van der Waals surface area contributed by atoms with E-state index in [-0.39, 0.29) is 23.9 Å². The average molecular weight is 456 g/mol. The lowest BCUT2D eigenvalue weighted by Crippen LogP contribution is -2.38. The minimum atomic E-state index is -4.36. The van der Waals surface area contributed by atoms with Gasteiger partial charge in [0.25, 0.3) is 0 Å². The molecular weight excluding hydrogens is 430 g/mol. The molecule has 3 N–H and O–H groups in total. The smallest absolute Gasteiger partial charge is 0.357 e. The number of ether oxygens (including phenoxy) is 1. The van der Waals surface area contributed by atoms with Crippen LogP contribution in [0, 0.1) is 5.41 Å². The van der Waals surface area contributed by atoms with E-state index in [1.807, 2.05) is 4.72 Å². The van der Waals surface area contributed by atoms with Gasteiger partial charge in [-0.3, -0.25) is 14.1 Å². The van der Waals surface area contributed by atoms with Crippen LogP contribution in [-0.2, 0) is 26.3 Å². The minimum Gasteiger partial charge on any atom is -0.461 e. The first-order chi connectivity index (χ1) is 13.9. The lowest BCUT2D eigenvalue weighted by molar-refractivity contribution is -0.129. The first-order valence-electron chi connectivity index (χ1n) is 9.16. The predicted octanol–water partition coefficient (Wildman–Crippen LogP) is 2.98. The molecule has 1 amide bonds. The van der Waals surface area contributed by atoms with E-state index in [1.165, 1.54) is 23.5 Å². The van der Waals surface area contributed by atoms with Crippen molar-refractivity contribution in [3.05, 3.63) is 45.9 Å². The zero-order valence-electron chi connectivity index (χ0n) is 17.1. The zero-order chi connectivity index (χ0) is 22.5. The van der Waals surface area contributed by atoms with Gasteiger partial charge in [-0.05, 0) is 31.0 Å². The van der Waals surface area contributed by atoms with E-state index in [2.05, 4.69) is 10.3 Å². The largest absolute Gasteiger partial charge is 0.461 e. The van der Waals surface area contributed by atoms with Crippen molar-refractivity contribution in [2.24, 2.45) is 5.41 Å². The molecule has 1 heterocycles. The first-order valence-corrected chi connectivity index (χ1v) is 11.5. The highest BCUT2D eigenvalue weighted by Gasteiger charge is 2.27. The van der Waals surface area contributed by atoms with Crippen molar-refractivity contribution in [2.45, 2.75) is 40.2 Å². The Labute approximate surface area is 179 Å². The number of nitrogens with one attached hydrogen (secondary N) is 2. The van der Waals surface area contributed by atoms with Gasteiger partial charge in [0.1, 0.15) is 5.01 Å². The van der Waals surface area contributed by atoms with Crippen LogP contribution in [0.3, 0.4) is 0 Å². The van der Waals surface area contributed by atoms with E-state index in [4.69, 9.17) is 9.29 Å². The highest BCUT2D eigenvalue weighted by Crippen LogP contribution is 2.25. The molecule has 0 saturated heterocycles. The van der Waals surface area contributed by atoms with Crippen LogP contribution in [0.2, 0.25) is 0 Å². The summed E-state index contributed by atoms with van der Waals surface area (Å²) in [4.78, 5) is 28.8. The normalized spacial score (nSPS) is 12.8. The average Bonchev–Trinajstić information content (AvgIpc) is 3.11. The molecule has 0 saturated carbocycles. The fraction of sp³-hybridized carbons (Fsp3) is 0.421. The van der Waals surface area contributed by atoms with Crippen molar-refractivity contribution < 1.29 is 27.3 Å². The fourth-order valence-corrected chi connectivity index (χ4v) is 3.69. The molecule has 0 fully saturated rings. The lowest BCUT2D eigenvalue weighted by Gasteiger charge is -2.23. The number of esters is 1. The van der Waals surface area contributed by atoms with E-state index < -0.39 is 27.7 Å². The number of hydrogen-bond acceptors (Lipinski definition) is 7. The van der Waals surface area contributed by atoms with Gasteiger partial charge in [0.2, 0.25) is 5.91 Å². The third kappa shape index (κ3) is 7.08. The van der Waals surface area contributed by atoms with Crippen molar-refractivity contribution in [1.82, 2.24) is 10.3 Å². The minimum absolute atomic E-state index is 0.176. The third-order valence-corrected chi connectivity index (χ3v) is 5.38. The second-order valence-electron chi connectivity index (χ2n) is 7.55. The van der Waals surface area contributed by atoms with E-state index >= 15 is 0 Å². The van der Waals surface area contributed by atoms with Crippen LogP contribution >= 0.6 is 11.3 Å². The number of thiazole rings is 1. The Bertz CT molecular complexity index is 994. The van der Waals surface area contributed by atoms with E-state index in [0.717, 1.165) is 5.56 Å². The number of carbonyl (C=O) groups is 2. The van der Waals surface area contributed by atoms with Gasteiger partial charge in [-0.2, -0.15) is 8.42 Å². The van der Waals surface area contributed by atoms with Gasteiger partial charge in [-0.25, -0.2) is 9.78 Å². The van der Waals surface area contributed by atoms with Crippen LogP contribution in [0.4, 0.5) is 5.69 Å². The maximum absolute atomic E-state index is 12.6. The summed E-state index contributed by atoms with van der Waals surface area (Å²) >= 11 is 1.24. The molecule has 0 aliphatic heterocycles. The molecule has 11 heteroatoms. The zero-order valence-corrected chi connectivity index (χ0v) is 18.8. The van der Waals surface area contributed by atoms with Gasteiger partial charge in [0.15, 0.2) is 5.69 Å². The lowest BCUT2D eigenvalue weighted by atomic mass is 9.94. The number of hydrogen-bond donors (Lipinski definition) is 3. The molecule has 2 rings (SSSR count). The Morgan fingerprint density at radius 1 is 1.23 bits per heavy atom. The fourth-order valence-electron chi connectivity index (χ4n) is 2.41. The SMILES string of the molecule is CCOC(=O)c1csc(C(Cc2ccc(NS(=O)(=O)O)cc2)NC(=O)C(C)(C)C)n1.